The largest absolute Gasteiger partial charge is 0.490 e. The summed E-state index contributed by atoms with van der Waals surface area (Å²) < 4.78 is 13.0. The topological polar surface area (TPSA) is 66.2 Å². The molecule has 7 heteroatoms. The molecule has 0 radical (unpaired) electrons. The van der Waals surface area contributed by atoms with Crippen molar-refractivity contribution in [3.05, 3.63) is 81.6 Å². The van der Waals surface area contributed by atoms with Crippen molar-refractivity contribution in [1.82, 2.24) is 14.8 Å². The van der Waals surface area contributed by atoms with Gasteiger partial charge in [-0.05, 0) is 31.2 Å². The first-order chi connectivity index (χ1) is 15.2. The van der Waals surface area contributed by atoms with Crippen LogP contribution >= 0.6 is 11.3 Å². The van der Waals surface area contributed by atoms with Crippen LogP contribution in [0.2, 0.25) is 0 Å². The van der Waals surface area contributed by atoms with Gasteiger partial charge in [-0.1, -0.05) is 30.3 Å². The normalized spacial score (nSPS) is 13.1. The van der Waals surface area contributed by atoms with Gasteiger partial charge in [0.1, 0.15) is 5.01 Å². The quantitative estimate of drug-likeness (QED) is 0.474. The maximum absolute atomic E-state index is 12.5. The minimum Gasteiger partial charge on any atom is -0.490 e. The Labute approximate surface area is 183 Å². The summed E-state index contributed by atoms with van der Waals surface area (Å²) in [5.74, 6) is 1.45. The average molecular weight is 432 g/mol. The summed E-state index contributed by atoms with van der Waals surface area (Å²) in [7, 11) is 0. The van der Waals surface area contributed by atoms with Crippen molar-refractivity contribution in [3.8, 4) is 33.3 Å². The lowest BCUT2D eigenvalue weighted by atomic mass is 10.1. The first-order valence-corrected chi connectivity index (χ1v) is 11.0. The summed E-state index contributed by atoms with van der Waals surface area (Å²) in [5, 5.41) is 5.56. The molecule has 0 atom stereocenters. The Kier molecular flexibility index (Phi) is 5.26. The molecule has 0 unspecified atom stereocenters. The van der Waals surface area contributed by atoms with E-state index in [0.29, 0.717) is 31.2 Å². The fourth-order valence-corrected chi connectivity index (χ4v) is 4.50. The van der Waals surface area contributed by atoms with E-state index in [-0.39, 0.29) is 5.56 Å². The first-order valence-electron chi connectivity index (χ1n) is 10.2. The van der Waals surface area contributed by atoms with Gasteiger partial charge in [-0.3, -0.25) is 4.79 Å². The SMILES string of the molecule is Cc1nc(-c2ccccc2)sc1Cn1nc(-c2ccc3c(c2)OCCCO3)ccc1=O. The number of aryl methyl sites for hydroxylation is 1. The third-order valence-corrected chi connectivity index (χ3v) is 6.31. The number of ether oxygens (including phenoxy) is 2. The summed E-state index contributed by atoms with van der Waals surface area (Å²) in [4.78, 5) is 18.2. The number of nitrogens with zero attached hydrogens (tertiary/aromatic N) is 3. The van der Waals surface area contributed by atoms with Gasteiger partial charge in [0.25, 0.3) is 5.56 Å². The zero-order valence-electron chi connectivity index (χ0n) is 17.1. The average Bonchev–Trinajstić information content (AvgIpc) is 3.01. The van der Waals surface area contributed by atoms with Gasteiger partial charge >= 0.3 is 0 Å². The predicted octanol–water partition coefficient (Wildman–Crippen LogP) is 4.55. The van der Waals surface area contributed by atoms with Gasteiger partial charge in [-0.25, -0.2) is 9.67 Å². The second-order valence-electron chi connectivity index (χ2n) is 7.32. The van der Waals surface area contributed by atoms with Crippen LogP contribution in [-0.4, -0.2) is 28.0 Å². The van der Waals surface area contributed by atoms with Gasteiger partial charge in [0.2, 0.25) is 0 Å². The van der Waals surface area contributed by atoms with Gasteiger partial charge in [-0.2, -0.15) is 5.10 Å². The van der Waals surface area contributed by atoms with Crippen molar-refractivity contribution in [1.29, 1.82) is 0 Å². The highest BCUT2D eigenvalue weighted by molar-refractivity contribution is 7.15. The molecule has 31 heavy (non-hydrogen) atoms. The van der Waals surface area contributed by atoms with Crippen LogP contribution in [0.4, 0.5) is 0 Å². The van der Waals surface area contributed by atoms with Gasteiger partial charge in [0.15, 0.2) is 11.5 Å². The molecule has 1 aliphatic heterocycles. The summed E-state index contributed by atoms with van der Waals surface area (Å²) >= 11 is 1.59. The van der Waals surface area contributed by atoms with Crippen LogP contribution in [0.1, 0.15) is 17.0 Å². The highest BCUT2D eigenvalue weighted by Crippen LogP contribution is 2.33. The number of hydrogen-bond acceptors (Lipinski definition) is 6. The van der Waals surface area contributed by atoms with Crippen LogP contribution in [0.5, 0.6) is 11.5 Å². The fourth-order valence-electron chi connectivity index (χ4n) is 3.45. The van der Waals surface area contributed by atoms with E-state index in [4.69, 9.17) is 9.47 Å². The molecule has 0 N–H and O–H groups in total. The van der Waals surface area contributed by atoms with Crippen molar-refractivity contribution >= 4 is 11.3 Å². The van der Waals surface area contributed by atoms with E-state index in [0.717, 1.165) is 38.9 Å². The molecule has 5 rings (SSSR count). The Morgan fingerprint density at radius 3 is 2.61 bits per heavy atom. The first kappa shape index (κ1) is 19.5. The van der Waals surface area contributed by atoms with E-state index >= 15 is 0 Å². The van der Waals surface area contributed by atoms with E-state index in [9.17, 15) is 4.79 Å². The second-order valence-corrected chi connectivity index (χ2v) is 8.40. The zero-order valence-corrected chi connectivity index (χ0v) is 17.9. The molecule has 0 saturated heterocycles. The Morgan fingerprint density at radius 2 is 1.77 bits per heavy atom. The summed E-state index contributed by atoms with van der Waals surface area (Å²) in [6, 6.07) is 19.1. The molecule has 2 aromatic heterocycles. The standard InChI is InChI=1S/C24H21N3O3S/c1-16-22(31-24(25-16)17-6-3-2-4-7-17)15-27-23(28)11-9-19(26-27)18-8-10-20-21(14-18)30-13-5-12-29-20/h2-4,6-11,14H,5,12-13,15H2,1H3. The molecule has 0 fully saturated rings. The monoisotopic (exact) mass is 431 g/mol. The lowest BCUT2D eigenvalue weighted by molar-refractivity contribution is 0.297. The summed E-state index contributed by atoms with van der Waals surface area (Å²) in [5.41, 5.74) is 3.43. The predicted molar refractivity (Wildman–Crippen MR) is 121 cm³/mol. The molecule has 156 valence electrons. The van der Waals surface area contributed by atoms with Crippen molar-refractivity contribution in [2.75, 3.05) is 13.2 Å². The third-order valence-electron chi connectivity index (χ3n) is 5.12. The zero-order chi connectivity index (χ0) is 21.2. The Bertz CT molecular complexity index is 1280. The van der Waals surface area contributed by atoms with E-state index in [1.54, 1.807) is 23.5 Å². The van der Waals surface area contributed by atoms with Crippen molar-refractivity contribution in [2.45, 2.75) is 19.9 Å². The van der Waals surface area contributed by atoms with Gasteiger partial charge in [0, 0.05) is 28.5 Å². The van der Waals surface area contributed by atoms with E-state index in [1.165, 1.54) is 4.68 Å². The van der Waals surface area contributed by atoms with E-state index in [2.05, 4.69) is 10.1 Å². The lowest BCUT2D eigenvalue weighted by Gasteiger charge is -2.10. The highest BCUT2D eigenvalue weighted by Gasteiger charge is 2.14. The fraction of sp³-hybridized carbons (Fsp3) is 0.208. The maximum Gasteiger partial charge on any atom is 0.267 e. The number of hydrogen-bond donors (Lipinski definition) is 0. The number of aromatic nitrogens is 3. The number of benzene rings is 2. The van der Waals surface area contributed by atoms with Crippen molar-refractivity contribution in [2.24, 2.45) is 0 Å². The number of fused-ring (bicyclic) bond motifs is 1. The Balaban J connectivity index is 1.46. The molecule has 0 amide bonds. The number of thiazole rings is 1. The van der Waals surface area contributed by atoms with Gasteiger partial charge < -0.3 is 9.47 Å². The molecular weight excluding hydrogens is 410 g/mol. The number of rotatable bonds is 4. The van der Waals surface area contributed by atoms with Crippen LogP contribution < -0.4 is 15.0 Å². The van der Waals surface area contributed by atoms with Crippen molar-refractivity contribution < 1.29 is 9.47 Å². The summed E-state index contributed by atoms with van der Waals surface area (Å²) in [6.45, 7) is 3.62. The molecule has 3 heterocycles. The minimum atomic E-state index is -0.146. The molecule has 0 aliphatic carbocycles. The summed E-state index contributed by atoms with van der Waals surface area (Å²) in [6.07, 6.45) is 0.853. The van der Waals surface area contributed by atoms with Crippen LogP contribution in [0, 0.1) is 6.92 Å². The minimum absolute atomic E-state index is 0.146. The molecule has 4 aromatic rings. The van der Waals surface area contributed by atoms with Crippen LogP contribution in [-0.2, 0) is 6.54 Å². The van der Waals surface area contributed by atoms with Crippen LogP contribution in [0.3, 0.4) is 0 Å². The van der Waals surface area contributed by atoms with Gasteiger partial charge in [-0.15, -0.1) is 11.3 Å². The third kappa shape index (κ3) is 4.09. The maximum atomic E-state index is 12.5. The van der Waals surface area contributed by atoms with Crippen molar-refractivity contribution in [3.63, 3.8) is 0 Å². The molecule has 1 aliphatic rings. The smallest absolute Gasteiger partial charge is 0.267 e. The molecule has 2 aromatic carbocycles. The Morgan fingerprint density at radius 1 is 0.968 bits per heavy atom. The highest BCUT2D eigenvalue weighted by atomic mass is 32.1. The van der Waals surface area contributed by atoms with Crippen LogP contribution in [0.15, 0.2) is 65.5 Å². The molecular formula is C24H21N3O3S. The molecule has 0 spiro atoms. The molecule has 6 nitrogen and oxygen atoms in total. The Hall–Kier alpha value is -3.45. The lowest BCUT2D eigenvalue weighted by Crippen LogP contribution is -2.22. The van der Waals surface area contributed by atoms with Gasteiger partial charge in [0.05, 0.1) is 31.1 Å². The molecule has 0 saturated carbocycles. The molecule has 0 bridgehead atoms. The second kappa shape index (κ2) is 8.35. The van der Waals surface area contributed by atoms with Crippen LogP contribution in [0.25, 0.3) is 21.8 Å². The van der Waals surface area contributed by atoms with E-state index in [1.807, 2.05) is 55.5 Å². The van der Waals surface area contributed by atoms with E-state index < -0.39 is 0 Å².